The topological polar surface area (TPSA) is 98.9 Å². The molecule has 7 nitrogen and oxygen atoms in total. The standard InChI is InChI=1S/C19H25N5O2/c1-11-5-6-12(9-15(11)22-18(26)19(2,3)4)21-17(25)16-13-10-20-8-7-14(13)23-24-16/h5-6,9,20H,7-8,10H2,1-4H3,(H,21,25)(H,22,26)(H,23,24). The van der Waals surface area contributed by atoms with Crippen LogP contribution in [-0.4, -0.2) is 28.6 Å². The van der Waals surface area contributed by atoms with Crippen molar-refractivity contribution in [3.63, 3.8) is 0 Å². The van der Waals surface area contributed by atoms with Crippen molar-refractivity contribution in [3.8, 4) is 0 Å². The van der Waals surface area contributed by atoms with E-state index in [2.05, 4.69) is 26.1 Å². The first kappa shape index (κ1) is 18.1. The maximum atomic E-state index is 12.6. The van der Waals surface area contributed by atoms with Gasteiger partial charge in [-0.1, -0.05) is 26.8 Å². The highest BCUT2D eigenvalue weighted by molar-refractivity contribution is 6.04. The zero-order chi connectivity index (χ0) is 18.9. The van der Waals surface area contributed by atoms with Crippen molar-refractivity contribution in [3.05, 3.63) is 40.7 Å². The first-order chi connectivity index (χ1) is 12.3. The highest BCUT2D eigenvalue weighted by Crippen LogP contribution is 2.24. The van der Waals surface area contributed by atoms with Crippen LogP contribution in [0.3, 0.4) is 0 Å². The van der Waals surface area contributed by atoms with Crippen molar-refractivity contribution >= 4 is 23.2 Å². The Morgan fingerprint density at radius 3 is 2.69 bits per heavy atom. The summed E-state index contributed by atoms with van der Waals surface area (Å²) in [7, 11) is 0. The maximum absolute atomic E-state index is 12.6. The van der Waals surface area contributed by atoms with E-state index in [0.29, 0.717) is 23.6 Å². The molecule has 0 saturated carbocycles. The molecule has 0 spiro atoms. The van der Waals surface area contributed by atoms with Crippen LogP contribution in [0.4, 0.5) is 11.4 Å². The van der Waals surface area contributed by atoms with Gasteiger partial charge in [-0.25, -0.2) is 0 Å². The Labute approximate surface area is 153 Å². The third-order valence-electron chi connectivity index (χ3n) is 4.45. The van der Waals surface area contributed by atoms with E-state index in [1.54, 1.807) is 6.07 Å². The van der Waals surface area contributed by atoms with Gasteiger partial charge in [-0.05, 0) is 24.6 Å². The smallest absolute Gasteiger partial charge is 0.276 e. The van der Waals surface area contributed by atoms with Gasteiger partial charge < -0.3 is 16.0 Å². The molecule has 0 unspecified atom stereocenters. The number of nitrogens with one attached hydrogen (secondary N) is 4. The number of aromatic nitrogens is 2. The van der Waals surface area contributed by atoms with Gasteiger partial charge in [0.25, 0.3) is 5.91 Å². The maximum Gasteiger partial charge on any atom is 0.276 e. The lowest BCUT2D eigenvalue weighted by atomic mass is 9.95. The highest BCUT2D eigenvalue weighted by atomic mass is 16.2. The summed E-state index contributed by atoms with van der Waals surface area (Å²) in [4.78, 5) is 24.9. The van der Waals surface area contributed by atoms with Gasteiger partial charge in [0.2, 0.25) is 5.91 Å². The lowest BCUT2D eigenvalue weighted by Crippen LogP contribution is -2.28. The average Bonchev–Trinajstić information content (AvgIpc) is 3.01. The largest absolute Gasteiger partial charge is 0.325 e. The zero-order valence-electron chi connectivity index (χ0n) is 15.6. The highest BCUT2D eigenvalue weighted by Gasteiger charge is 2.23. The fourth-order valence-electron chi connectivity index (χ4n) is 2.75. The Balaban J connectivity index is 1.78. The Hall–Kier alpha value is -2.67. The minimum Gasteiger partial charge on any atom is -0.325 e. The molecule has 1 aliphatic heterocycles. The number of nitrogens with zero attached hydrogens (tertiary/aromatic N) is 1. The molecular formula is C19H25N5O2. The molecule has 138 valence electrons. The number of H-pyrrole nitrogens is 1. The predicted octanol–water partition coefficient (Wildman–Crippen LogP) is 2.60. The van der Waals surface area contributed by atoms with Crippen molar-refractivity contribution < 1.29 is 9.59 Å². The Morgan fingerprint density at radius 1 is 1.19 bits per heavy atom. The zero-order valence-corrected chi connectivity index (χ0v) is 15.6. The van der Waals surface area contributed by atoms with Crippen LogP contribution >= 0.6 is 0 Å². The number of hydrogen-bond acceptors (Lipinski definition) is 4. The quantitative estimate of drug-likeness (QED) is 0.680. The summed E-state index contributed by atoms with van der Waals surface area (Å²) in [6.07, 6.45) is 0.836. The molecule has 0 aliphatic carbocycles. The van der Waals surface area contributed by atoms with Crippen LogP contribution in [0, 0.1) is 12.3 Å². The third kappa shape index (κ3) is 3.77. The lowest BCUT2D eigenvalue weighted by Gasteiger charge is -2.19. The number of rotatable bonds is 3. The van der Waals surface area contributed by atoms with Crippen molar-refractivity contribution in [1.29, 1.82) is 0 Å². The first-order valence-electron chi connectivity index (χ1n) is 8.76. The summed E-state index contributed by atoms with van der Waals surface area (Å²) >= 11 is 0. The first-order valence-corrected chi connectivity index (χ1v) is 8.76. The molecule has 0 atom stereocenters. The van der Waals surface area contributed by atoms with E-state index in [9.17, 15) is 9.59 Å². The molecule has 1 aliphatic rings. The second kappa shape index (κ2) is 6.92. The van der Waals surface area contributed by atoms with E-state index in [4.69, 9.17) is 0 Å². The Morgan fingerprint density at radius 2 is 1.96 bits per heavy atom. The number of benzene rings is 1. The number of aryl methyl sites for hydroxylation is 1. The van der Waals surface area contributed by atoms with Gasteiger partial charge in [0, 0.05) is 47.6 Å². The Kier molecular flexibility index (Phi) is 4.82. The fraction of sp³-hybridized carbons (Fsp3) is 0.421. The van der Waals surface area contributed by atoms with Crippen LogP contribution in [0.1, 0.15) is 48.1 Å². The molecule has 2 heterocycles. The molecule has 3 rings (SSSR count). The lowest BCUT2D eigenvalue weighted by molar-refractivity contribution is -0.123. The van der Waals surface area contributed by atoms with Crippen LogP contribution in [0.5, 0.6) is 0 Å². The van der Waals surface area contributed by atoms with E-state index in [0.717, 1.165) is 29.8 Å². The molecule has 26 heavy (non-hydrogen) atoms. The average molecular weight is 355 g/mol. The number of carbonyl (C=O) groups is 2. The molecule has 2 aromatic rings. The summed E-state index contributed by atoms with van der Waals surface area (Å²) in [6, 6.07) is 5.46. The van der Waals surface area contributed by atoms with Crippen LogP contribution in [0.15, 0.2) is 18.2 Å². The predicted molar refractivity (Wildman–Crippen MR) is 101 cm³/mol. The van der Waals surface area contributed by atoms with E-state index in [-0.39, 0.29) is 11.8 Å². The fourth-order valence-corrected chi connectivity index (χ4v) is 2.75. The molecular weight excluding hydrogens is 330 g/mol. The van der Waals surface area contributed by atoms with Crippen molar-refractivity contribution in [2.24, 2.45) is 5.41 Å². The monoisotopic (exact) mass is 355 g/mol. The minimum atomic E-state index is -0.493. The van der Waals surface area contributed by atoms with Crippen LogP contribution in [0.2, 0.25) is 0 Å². The van der Waals surface area contributed by atoms with Gasteiger partial charge in [-0.15, -0.1) is 0 Å². The van der Waals surface area contributed by atoms with E-state index >= 15 is 0 Å². The molecule has 4 N–H and O–H groups in total. The Bertz CT molecular complexity index is 848. The molecule has 0 bridgehead atoms. The summed E-state index contributed by atoms with van der Waals surface area (Å²) in [6.45, 7) is 9.01. The van der Waals surface area contributed by atoms with Gasteiger partial charge >= 0.3 is 0 Å². The number of carbonyl (C=O) groups excluding carboxylic acids is 2. The van der Waals surface area contributed by atoms with Crippen molar-refractivity contribution in [1.82, 2.24) is 15.5 Å². The van der Waals surface area contributed by atoms with E-state index in [1.165, 1.54) is 0 Å². The van der Waals surface area contributed by atoms with E-state index in [1.807, 2.05) is 39.8 Å². The summed E-state index contributed by atoms with van der Waals surface area (Å²) in [5.74, 6) is -0.334. The molecule has 0 fully saturated rings. The number of amides is 2. The molecule has 7 heteroatoms. The number of hydrogen-bond donors (Lipinski definition) is 4. The second-order valence-corrected chi connectivity index (χ2v) is 7.64. The van der Waals surface area contributed by atoms with E-state index < -0.39 is 5.41 Å². The van der Waals surface area contributed by atoms with Gasteiger partial charge in [-0.3, -0.25) is 14.7 Å². The normalized spacial score (nSPS) is 13.8. The number of anilines is 2. The van der Waals surface area contributed by atoms with Crippen LogP contribution < -0.4 is 16.0 Å². The summed E-state index contributed by atoms with van der Waals surface area (Å²) in [5.41, 5.74) is 4.08. The molecule has 1 aromatic heterocycles. The van der Waals surface area contributed by atoms with Crippen LogP contribution in [0.25, 0.3) is 0 Å². The molecule has 1 aromatic carbocycles. The summed E-state index contributed by atoms with van der Waals surface area (Å²) in [5, 5.41) is 16.2. The second-order valence-electron chi connectivity index (χ2n) is 7.64. The SMILES string of the molecule is Cc1ccc(NC(=O)c2n[nH]c3c2CNCC3)cc1NC(=O)C(C)(C)C. The van der Waals surface area contributed by atoms with Gasteiger partial charge in [0.05, 0.1) is 0 Å². The van der Waals surface area contributed by atoms with Crippen molar-refractivity contribution in [2.75, 3.05) is 17.2 Å². The molecule has 2 amide bonds. The molecule has 0 saturated heterocycles. The van der Waals surface area contributed by atoms with Crippen molar-refractivity contribution in [2.45, 2.75) is 40.7 Å². The number of aromatic amines is 1. The third-order valence-corrected chi connectivity index (χ3v) is 4.45. The summed E-state index contributed by atoms with van der Waals surface area (Å²) < 4.78 is 0. The van der Waals surface area contributed by atoms with Gasteiger partial charge in [0.15, 0.2) is 5.69 Å². The van der Waals surface area contributed by atoms with Gasteiger partial charge in [0.1, 0.15) is 0 Å². The minimum absolute atomic E-state index is 0.0727. The van der Waals surface area contributed by atoms with Crippen LogP contribution in [-0.2, 0) is 17.8 Å². The van der Waals surface area contributed by atoms with Gasteiger partial charge in [-0.2, -0.15) is 5.10 Å². The molecule has 0 radical (unpaired) electrons. The number of fused-ring (bicyclic) bond motifs is 1.